The molecule has 2 amide bonds. The second kappa shape index (κ2) is 5.82. The van der Waals surface area contributed by atoms with E-state index in [0.717, 1.165) is 0 Å². The summed E-state index contributed by atoms with van der Waals surface area (Å²) in [6.45, 7) is 0.751. The van der Waals surface area contributed by atoms with Crippen molar-refractivity contribution < 1.29 is 23.9 Å². The molecule has 7 nitrogen and oxygen atoms in total. The minimum absolute atomic E-state index is 0.0615. The molecule has 1 atom stereocenters. The maximum Gasteiger partial charge on any atom is 0.306 e. The summed E-state index contributed by atoms with van der Waals surface area (Å²) >= 11 is 0. The lowest BCUT2D eigenvalue weighted by Crippen LogP contribution is -2.48. The molecule has 22 heavy (non-hydrogen) atoms. The van der Waals surface area contributed by atoms with Gasteiger partial charge in [0.25, 0.3) is 0 Å². The molecule has 0 radical (unpaired) electrons. The van der Waals surface area contributed by atoms with E-state index >= 15 is 0 Å². The summed E-state index contributed by atoms with van der Waals surface area (Å²) in [5.41, 5.74) is 0. The van der Waals surface area contributed by atoms with Crippen LogP contribution < -0.4 is 5.32 Å². The molecule has 1 saturated carbocycles. The molecule has 1 aromatic heterocycles. The summed E-state index contributed by atoms with van der Waals surface area (Å²) < 4.78 is 5.21. The summed E-state index contributed by atoms with van der Waals surface area (Å²) in [7, 11) is 0. The first-order valence-electron chi connectivity index (χ1n) is 7.36. The monoisotopic (exact) mass is 306 g/mol. The SMILES string of the molecule is O=C(O)C1CC(NC(=O)C2CC(=O)N(Cc3ccco3)C2)C1. The van der Waals surface area contributed by atoms with Gasteiger partial charge in [-0.3, -0.25) is 14.4 Å². The normalized spacial score (nSPS) is 27.5. The second-order valence-corrected chi connectivity index (χ2v) is 5.97. The Kier molecular flexibility index (Phi) is 3.87. The molecule has 1 aliphatic heterocycles. The van der Waals surface area contributed by atoms with E-state index in [0.29, 0.717) is 31.7 Å². The number of carboxylic acid groups (broad SMARTS) is 1. The summed E-state index contributed by atoms with van der Waals surface area (Å²) in [5.74, 6) is -1.07. The Bertz CT molecular complexity index is 577. The third-order valence-electron chi connectivity index (χ3n) is 4.35. The quantitative estimate of drug-likeness (QED) is 0.830. The van der Waals surface area contributed by atoms with Gasteiger partial charge in [0, 0.05) is 19.0 Å². The summed E-state index contributed by atoms with van der Waals surface area (Å²) in [6, 6.07) is 3.47. The molecule has 2 aliphatic rings. The van der Waals surface area contributed by atoms with Gasteiger partial charge in [-0.1, -0.05) is 0 Å². The number of hydrogen-bond donors (Lipinski definition) is 2. The average molecular weight is 306 g/mol. The number of rotatable bonds is 5. The van der Waals surface area contributed by atoms with Crippen molar-refractivity contribution in [3.8, 4) is 0 Å². The van der Waals surface area contributed by atoms with E-state index in [4.69, 9.17) is 9.52 Å². The number of hydrogen-bond acceptors (Lipinski definition) is 4. The molecule has 2 heterocycles. The van der Waals surface area contributed by atoms with Crippen molar-refractivity contribution in [2.24, 2.45) is 11.8 Å². The van der Waals surface area contributed by atoms with Crippen LogP contribution in [0.2, 0.25) is 0 Å². The molecule has 7 heteroatoms. The predicted molar refractivity (Wildman–Crippen MR) is 74.5 cm³/mol. The number of carbonyl (C=O) groups is 3. The highest BCUT2D eigenvalue weighted by molar-refractivity contribution is 5.89. The summed E-state index contributed by atoms with van der Waals surface area (Å²) in [5, 5.41) is 11.7. The van der Waals surface area contributed by atoms with Crippen LogP contribution in [0.5, 0.6) is 0 Å². The number of amides is 2. The van der Waals surface area contributed by atoms with Gasteiger partial charge in [0.2, 0.25) is 11.8 Å². The van der Waals surface area contributed by atoms with Crippen LogP contribution in [0.1, 0.15) is 25.0 Å². The molecule has 2 fully saturated rings. The maximum atomic E-state index is 12.2. The average Bonchev–Trinajstić information content (AvgIpc) is 3.04. The minimum Gasteiger partial charge on any atom is -0.481 e. The van der Waals surface area contributed by atoms with E-state index < -0.39 is 5.97 Å². The van der Waals surface area contributed by atoms with Crippen molar-refractivity contribution in [2.45, 2.75) is 31.8 Å². The molecule has 1 aliphatic carbocycles. The van der Waals surface area contributed by atoms with Crippen LogP contribution in [0.4, 0.5) is 0 Å². The first-order chi connectivity index (χ1) is 10.5. The van der Waals surface area contributed by atoms with Gasteiger partial charge in [-0.25, -0.2) is 0 Å². The molecule has 1 saturated heterocycles. The Labute approximate surface area is 127 Å². The van der Waals surface area contributed by atoms with Gasteiger partial charge >= 0.3 is 5.97 Å². The largest absolute Gasteiger partial charge is 0.481 e. The number of furan rings is 1. The summed E-state index contributed by atoms with van der Waals surface area (Å²) in [4.78, 5) is 36.5. The standard InChI is InChI=1S/C15H18N2O5/c18-13-6-10(7-17(13)8-12-2-1-3-22-12)14(19)16-11-4-9(5-11)15(20)21/h1-3,9-11H,4-8H2,(H,16,19)(H,20,21). The first kappa shape index (κ1) is 14.6. The van der Waals surface area contributed by atoms with Crippen molar-refractivity contribution in [3.05, 3.63) is 24.2 Å². The highest BCUT2D eigenvalue weighted by Crippen LogP contribution is 2.28. The zero-order valence-electron chi connectivity index (χ0n) is 12.0. The fraction of sp³-hybridized carbons (Fsp3) is 0.533. The van der Waals surface area contributed by atoms with Gasteiger partial charge in [-0.15, -0.1) is 0 Å². The van der Waals surface area contributed by atoms with Crippen LogP contribution in [-0.4, -0.2) is 40.4 Å². The second-order valence-electron chi connectivity index (χ2n) is 5.97. The highest BCUT2D eigenvalue weighted by Gasteiger charge is 2.39. The molecule has 2 N–H and O–H groups in total. The lowest BCUT2D eigenvalue weighted by atomic mass is 9.80. The Balaban J connectivity index is 1.48. The zero-order valence-corrected chi connectivity index (χ0v) is 12.0. The van der Waals surface area contributed by atoms with E-state index in [1.54, 1.807) is 23.3 Å². The Hall–Kier alpha value is -2.31. The Morgan fingerprint density at radius 2 is 2.14 bits per heavy atom. The van der Waals surface area contributed by atoms with Gasteiger partial charge in [-0.2, -0.15) is 0 Å². The topological polar surface area (TPSA) is 99.8 Å². The number of nitrogens with one attached hydrogen (secondary N) is 1. The molecule has 1 aromatic rings. The van der Waals surface area contributed by atoms with Crippen LogP contribution >= 0.6 is 0 Å². The molecule has 0 bridgehead atoms. The molecule has 1 unspecified atom stereocenters. The van der Waals surface area contributed by atoms with Crippen LogP contribution in [0, 0.1) is 11.8 Å². The number of carboxylic acids is 1. The molecule has 0 aromatic carbocycles. The van der Waals surface area contributed by atoms with Gasteiger partial charge in [0.15, 0.2) is 0 Å². The summed E-state index contributed by atoms with van der Waals surface area (Å²) in [6.07, 6.45) is 2.69. The van der Waals surface area contributed by atoms with Crippen LogP contribution in [0.25, 0.3) is 0 Å². The van der Waals surface area contributed by atoms with Crippen molar-refractivity contribution in [2.75, 3.05) is 6.54 Å². The molecule has 118 valence electrons. The molecular weight excluding hydrogens is 288 g/mol. The number of aliphatic carboxylic acids is 1. The molecular formula is C15H18N2O5. The molecule has 3 rings (SSSR count). The predicted octanol–water partition coefficient (Wildman–Crippen LogP) is 0.607. The van der Waals surface area contributed by atoms with Crippen molar-refractivity contribution in [1.29, 1.82) is 0 Å². The maximum absolute atomic E-state index is 12.2. The zero-order chi connectivity index (χ0) is 15.7. The van der Waals surface area contributed by atoms with Gasteiger partial charge in [0.1, 0.15) is 5.76 Å². The lowest BCUT2D eigenvalue weighted by molar-refractivity contribution is -0.146. The Morgan fingerprint density at radius 1 is 1.36 bits per heavy atom. The number of carbonyl (C=O) groups excluding carboxylic acids is 2. The highest BCUT2D eigenvalue weighted by atomic mass is 16.4. The van der Waals surface area contributed by atoms with Gasteiger partial charge < -0.3 is 19.7 Å². The number of likely N-dealkylation sites (tertiary alicyclic amines) is 1. The van der Waals surface area contributed by atoms with Crippen LogP contribution in [0.3, 0.4) is 0 Å². The first-order valence-corrected chi connectivity index (χ1v) is 7.36. The van der Waals surface area contributed by atoms with Crippen LogP contribution in [0.15, 0.2) is 22.8 Å². The van der Waals surface area contributed by atoms with Crippen LogP contribution in [-0.2, 0) is 20.9 Å². The van der Waals surface area contributed by atoms with Crippen molar-refractivity contribution in [3.63, 3.8) is 0 Å². The van der Waals surface area contributed by atoms with E-state index in [2.05, 4.69) is 5.32 Å². The minimum atomic E-state index is -0.814. The smallest absolute Gasteiger partial charge is 0.306 e. The van der Waals surface area contributed by atoms with E-state index in [1.165, 1.54) is 0 Å². The van der Waals surface area contributed by atoms with Gasteiger partial charge in [0.05, 0.1) is 24.6 Å². The van der Waals surface area contributed by atoms with E-state index in [9.17, 15) is 14.4 Å². The fourth-order valence-electron chi connectivity index (χ4n) is 2.95. The fourth-order valence-corrected chi connectivity index (χ4v) is 2.95. The van der Waals surface area contributed by atoms with Crippen molar-refractivity contribution >= 4 is 17.8 Å². The van der Waals surface area contributed by atoms with Crippen molar-refractivity contribution in [1.82, 2.24) is 10.2 Å². The van der Waals surface area contributed by atoms with Gasteiger partial charge in [-0.05, 0) is 25.0 Å². The third kappa shape index (κ3) is 2.98. The van der Waals surface area contributed by atoms with E-state index in [1.807, 2.05) is 0 Å². The molecule has 0 spiro atoms. The van der Waals surface area contributed by atoms with E-state index in [-0.39, 0.29) is 36.1 Å². The Morgan fingerprint density at radius 3 is 2.77 bits per heavy atom. The lowest BCUT2D eigenvalue weighted by Gasteiger charge is -2.33. The third-order valence-corrected chi connectivity index (χ3v) is 4.35. The number of nitrogens with zero attached hydrogens (tertiary/aromatic N) is 1.